The first kappa shape index (κ1) is 17.8. The normalized spacial score (nSPS) is 10.7. The van der Waals surface area contributed by atoms with Crippen LogP contribution in [0.25, 0.3) is 11.1 Å². The van der Waals surface area contributed by atoms with Gasteiger partial charge in [0.25, 0.3) is 5.91 Å². The van der Waals surface area contributed by atoms with Crippen LogP contribution >= 0.6 is 11.6 Å². The number of aromatic amines is 1. The van der Waals surface area contributed by atoms with Crippen LogP contribution in [-0.2, 0) is 4.79 Å². The Morgan fingerprint density at radius 2 is 1.88 bits per heavy atom. The van der Waals surface area contributed by atoms with Gasteiger partial charge >= 0.3 is 5.76 Å². The van der Waals surface area contributed by atoms with Crippen molar-refractivity contribution in [3.05, 3.63) is 63.6 Å². The number of halogens is 1. The van der Waals surface area contributed by atoms with Gasteiger partial charge in [-0.05, 0) is 48.9 Å². The van der Waals surface area contributed by atoms with Gasteiger partial charge in [0, 0.05) is 29.2 Å². The number of benzene rings is 2. The highest BCUT2D eigenvalue weighted by atomic mass is 35.5. The van der Waals surface area contributed by atoms with Crippen molar-refractivity contribution in [2.75, 3.05) is 11.9 Å². The van der Waals surface area contributed by atoms with E-state index in [4.69, 9.17) is 16.0 Å². The Hall–Kier alpha value is -3.06. The number of hydrogen-bond donors (Lipinski definition) is 3. The summed E-state index contributed by atoms with van der Waals surface area (Å²) in [6, 6.07) is 11.5. The highest BCUT2D eigenvalue weighted by Crippen LogP contribution is 2.16. The standard InChI is InChI=1S/C18H16ClN3O4/c19-12-5-3-11(4-6-12)17(24)20-9-1-2-16(23)21-13-7-8-15-14(10-13)22-18(25)26-15/h3-8,10H,1-2,9H2,(H,20,24)(H,21,23)(H,22,25). The Morgan fingerprint density at radius 3 is 2.65 bits per heavy atom. The van der Waals surface area contributed by atoms with Gasteiger partial charge in [0.05, 0.1) is 5.52 Å². The van der Waals surface area contributed by atoms with E-state index in [2.05, 4.69) is 15.6 Å². The van der Waals surface area contributed by atoms with E-state index >= 15 is 0 Å². The molecule has 0 bridgehead atoms. The van der Waals surface area contributed by atoms with E-state index in [0.717, 1.165) is 0 Å². The molecule has 7 nitrogen and oxygen atoms in total. The first-order valence-corrected chi connectivity index (χ1v) is 8.35. The number of carbonyl (C=O) groups excluding carboxylic acids is 2. The van der Waals surface area contributed by atoms with Crippen LogP contribution in [0.5, 0.6) is 0 Å². The number of hydrogen-bond acceptors (Lipinski definition) is 4. The van der Waals surface area contributed by atoms with Crippen LogP contribution in [0.1, 0.15) is 23.2 Å². The number of H-pyrrole nitrogens is 1. The Balaban J connectivity index is 1.44. The predicted molar refractivity (Wildman–Crippen MR) is 98.5 cm³/mol. The van der Waals surface area contributed by atoms with Crippen LogP contribution in [0.3, 0.4) is 0 Å². The molecule has 0 fully saturated rings. The molecule has 3 N–H and O–H groups in total. The molecule has 1 heterocycles. The molecule has 3 aromatic rings. The van der Waals surface area contributed by atoms with Crippen LogP contribution < -0.4 is 16.4 Å². The van der Waals surface area contributed by atoms with Gasteiger partial charge in [0.15, 0.2) is 5.58 Å². The van der Waals surface area contributed by atoms with Gasteiger partial charge in [-0.3, -0.25) is 14.6 Å². The largest absolute Gasteiger partial charge is 0.417 e. The quantitative estimate of drug-likeness (QED) is 0.578. The fraction of sp³-hybridized carbons (Fsp3) is 0.167. The van der Waals surface area contributed by atoms with Gasteiger partial charge in [-0.1, -0.05) is 11.6 Å². The van der Waals surface area contributed by atoms with Crippen molar-refractivity contribution in [1.29, 1.82) is 0 Å². The maximum Gasteiger partial charge on any atom is 0.417 e. The number of amides is 2. The minimum absolute atomic E-state index is 0.184. The minimum Gasteiger partial charge on any atom is -0.408 e. The van der Waals surface area contributed by atoms with Crippen LogP contribution in [-0.4, -0.2) is 23.3 Å². The highest BCUT2D eigenvalue weighted by Gasteiger charge is 2.07. The van der Waals surface area contributed by atoms with Gasteiger partial charge < -0.3 is 15.1 Å². The lowest BCUT2D eigenvalue weighted by Crippen LogP contribution is -2.25. The number of aromatic nitrogens is 1. The van der Waals surface area contributed by atoms with E-state index in [1.807, 2.05) is 0 Å². The molecule has 0 saturated heterocycles. The second-order valence-electron chi connectivity index (χ2n) is 5.64. The van der Waals surface area contributed by atoms with E-state index < -0.39 is 5.76 Å². The molecule has 26 heavy (non-hydrogen) atoms. The third-order valence-electron chi connectivity index (χ3n) is 3.68. The van der Waals surface area contributed by atoms with Crippen molar-refractivity contribution < 1.29 is 14.0 Å². The lowest BCUT2D eigenvalue weighted by atomic mass is 10.2. The van der Waals surface area contributed by atoms with Gasteiger partial charge in [0.2, 0.25) is 5.91 Å². The van der Waals surface area contributed by atoms with E-state index in [-0.39, 0.29) is 18.2 Å². The summed E-state index contributed by atoms with van der Waals surface area (Å²) in [5, 5.41) is 6.06. The summed E-state index contributed by atoms with van der Waals surface area (Å²) in [5.41, 5.74) is 2.02. The minimum atomic E-state index is -0.542. The molecule has 3 rings (SSSR count). The predicted octanol–water partition coefficient (Wildman–Crippen LogP) is 2.92. The first-order chi connectivity index (χ1) is 12.5. The topological polar surface area (TPSA) is 104 Å². The number of fused-ring (bicyclic) bond motifs is 1. The second-order valence-corrected chi connectivity index (χ2v) is 6.08. The van der Waals surface area contributed by atoms with Crippen LogP contribution in [0, 0.1) is 0 Å². The second kappa shape index (κ2) is 7.88. The third kappa shape index (κ3) is 4.52. The molecule has 2 aromatic carbocycles. The van der Waals surface area contributed by atoms with E-state index in [1.165, 1.54) is 0 Å². The Kier molecular flexibility index (Phi) is 5.38. The molecule has 0 aliphatic carbocycles. The number of anilines is 1. The third-order valence-corrected chi connectivity index (χ3v) is 3.93. The molecule has 134 valence electrons. The van der Waals surface area contributed by atoms with Crippen molar-refractivity contribution in [3.8, 4) is 0 Å². The van der Waals surface area contributed by atoms with Crippen molar-refractivity contribution in [1.82, 2.24) is 10.3 Å². The molecule has 0 radical (unpaired) electrons. The molecule has 0 aliphatic heterocycles. The van der Waals surface area contributed by atoms with Gasteiger partial charge in [0.1, 0.15) is 0 Å². The molecule has 0 aliphatic rings. The van der Waals surface area contributed by atoms with Gasteiger partial charge in [-0.15, -0.1) is 0 Å². The molecule has 2 amide bonds. The molecular weight excluding hydrogens is 358 g/mol. The Bertz CT molecular complexity index is 992. The maximum atomic E-state index is 12.0. The van der Waals surface area contributed by atoms with Gasteiger partial charge in [-0.25, -0.2) is 4.79 Å². The number of oxazole rings is 1. The van der Waals surface area contributed by atoms with E-state index in [9.17, 15) is 14.4 Å². The Morgan fingerprint density at radius 1 is 1.12 bits per heavy atom. The van der Waals surface area contributed by atoms with E-state index in [1.54, 1.807) is 42.5 Å². The lowest BCUT2D eigenvalue weighted by molar-refractivity contribution is -0.116. The molecule has 1 aromatic heterocycles. The zero-order valence-electron chi connectivity index (χ0n) is 13.7. The maximum absolute atomic E-state index is 12.0. The summed E-state index contributed by atoms with van der Waals surface area (Å²) in [4.78, 5) is 37.5. The van der Waals surface area contributed by atoms with Gasteiger partial charge in [-0.2, -0.15) is 0 Å². The fourth-order valence-corrected chi connectivity index (χ4v) is 2.53. The summed E-state index contributed by atoms with van der Waals surface area (Å²) in [6.45, 7) is 0.378. The summed E-state index contributed by atoms with van der Waals surface area (Å²) < 4.78 is 4.90. The summed E-state index contributed by atoms with van der Waals surface area (Å²) in [5.74, 6) is -0.938. The molecule has 0 saturated carbocycles. The zero-order chi connectivity index (χ0) is 18.5. The highest BCUT2D eigenvalue weighted by molar-refractivity contribution is 6.30. The first-order valence-electron chi connectivity index (χ1n) is 7.98. The van der Waals surface area contributed by atoms with Crippen LogP contribution in [0.2, 0.25) is 5.02 Å². The van der Waals surface area contributed by atoms with Crippen molar-refractivity contribution in [2.24, 2.45) is 0 Å². The molecular formula is C18H16ClN3O4. The number of nitrogens with one attached hydrogen (secondary N) is 3. The average molecular weight is 374 g/mol. The summed E-state index contributed by atoms with van der Waals surface area (Å²) >= 11 is 5.78. The monoisotopic (exact) mass is 373 g/mol. The SMILES string of the molecule is O=C(CCCNC(=O)c1ccc(Cl)cc1)Nc1ccc2oc(=O)[nH]c2c1. The van der Waals surface area contributed by atoms with Crippen molar-refractivity contribution >= 4 is 40.2 Å². The smallest absolute Gasteiger partial charge is 0.408 e. The zero-order valence-corrected chi connectivity index (χ0v) is 14.4. The molecule has 0 unspecified atom stereocenters. The number of carbonyl (C=O) groups is 2. The van der Waals surface area contributed by atoms with Crippen LogP contribution in [0.15, 0.2) is 51.7 Å². The van der Waals surface area contributed by atoms with E-state index in [0.29, 0.717) is 40.3 Å². The average Bonchev–Trinajstić information content (AvgIpc) is 2.98. The molecule has 0 atom stereocenters. The lowest BCUT2D eigenvalue weighted by Gasteiger charge is -2.07. The van der Waals surface area contributed by atoms with Crippen molar-refractivity contribution in [3.63, 3.8) is 0 Å². The Labute approximate surface area is 153 Å². The fourth-order valence-electron chi connectivity index (χ4n) is 2.41. The van der Waals surface area contributed by atoms with Crippen molar-refractivity contribution in [2.45, 2.75) is 12.8 Å². The summed E-state index contributed by atoms with van der Waals surface area (Å²) in [6.07, 6.45) is 0.747. The molecule has 0 spiro atoms. The number of rotatable bonds is 6. The van der Waals surface area contributed by atoms with Crippen LogP contribution in [0.4, 0.5) is 5.69 Å². The molecule has 8 heteroatoms. The summed E-state index contributed by atoms with van der Waals surface area (Å²) in [7, 11) is 0.